The fourth-order valence-electron chi connectivity index (χ4n) is 2.03. The van der Waals surface area contributed by atoms with Gasteiger partial charge in [-0.3, -0.25) is 0 Å². The van der Waals surface area contributed by atoms with Crippen molar-refractivity contribution in [3.63, 3.8) is 0 Å². The Balaban J connectivity index is 2.10. The molecule has 2 heterocycles. The Morgan fingerprint density at radius 3 is 2.94 bits per heavy atom. The average Bonchev–Trinajstić information content (AvgIpc) is 2.65. The molecule has 0 radical (unpaired) electrons. The summed E-state index contributed by atoms with van der Waals surface area (Å²) in [7, 11) is 1.74. The average molecular weight is 265 g/mol. The lowest BCUT2D eigenvalue weighted by Gasteiger charge is -2.04. The second-order valence-corrected chi connectivity index (χ2v) is 4.85. The van der Waals surface area contributed by atoms with Gasteiger partial charge in [0.15, 0.2) is 10.4 Å². The van der Waals surface area contributed by atoms with Gasteiger partial charge in [-0.2, -0.15) is 0 Å². The molecule has 18 heavy (non-hydrogen) atoms. The van der Waals surface area contributed by atoms with Crippen LogP contribution in [0.4, 0.5) is 0 Å². The number of ether oxygens (including phenoxy) is 1. The van der Waals surface area contributed by atoms with Crippen LogP contribution in [0.15, 0.2) is 12.1 Å². The number of aryl methyl sites for hydroxylation is 2. The van der Waals surface area contributed by atoms with Gasteiger partial charge in [0.2, 0.25) is 0 Å². The molecule has 2 rings (SSSR count). The summed E-state index contributed by atoms with van der Waals surface area (Å²) in [5.41, 5.74) is 3.00. The number of rotatable bonds is 6. The molecule has 0 saturated carbocycles. The maximum atomic E-state index is 5.34. The van der Waals surface area contributed by atoms with Crippen molar-refractivity contribution in [1.82, 2.24) is 14.5 Å². The maximum absolute atomic E-state index is 5.34. The Bertz CT molecular complexity index is 573. The molecule has 5 heteroatoms. The first kappa shape index (κ1) is 13.2. The summed E-state index contributed by atoms with van der Waals surface area (Å²) in [5, 5.41) is 0. The van der Waals surface area contributed by atoms with E-state index >= 15 is 0 Å². The summed E-state index contributed by atoms with van der Waals surface area (Å²) < 4.78 is 7.89. The Labute approximate surface area is 112 Å². The first-order valence-electron chi connectivity index (χ1n) is 6.27. The van der Waals surface area contributed by atoms with E-state index < -0.39 is 0 Å². The van der Waals surface area contributed by atoms with Crippen molar-refractivity contribution in [2.24, 2.45) is 0 Å². The van der Waals surface area contributed by atoms with Crippen LogP contribution >= 0.6 is 12.2 Å². The van der Waals surface area contributed by atoms with Crippen LogP contribution in [0.25, 0.3) is 11.2 Å². The van der Waals surface area contributed by atoms with E-state index in [2.05, 4.69) is 14.5 Å². The molecule has 0 aromatic carbocycles. The van der Waals surface area contributed by atoms with E-state index in [-0.39, 0.29) is 0 Å². The van der Waals surface area contributed by atoms with Crippen molar-refractivity contribution in [1.29, 1.82) is 0 Å². The number of hydrogen-bond donors (Lipinski definition) is 1. The van der Waals surface area contributed by atoms with Crippen molar-refractivity contribution < 1.29 is 4.74 Å². The molecule has 98 valence electrons. The molecule has 2 aromatic rings. The van der Waals surface area contributed by atoms with E-state index in [1.54, 1.807) is 7.11 Å². The van der Waals surface area contributed by atoms with Gasteiger partial charge in [0.1, 0.15) is 0 Å². The zero-order chi connectivity index (χ0) is 13.0. The van der Waals surface area contributed by atoms with E-state index in [0.29, 0.717) is 0 Å². The van der Waals surface area contributed by atoms with Crippen LogP contribution in [0.5, 0.6) is 0 Å². The van der Waals surface area contributed by atoms with Crippen LogP contribution in [-0.4, -0.2) is 28.3 Å². The normalized spacial score (nSPS) is 11.2. The molecule has 0 aliphatic heterocycles. The van der Waals surface area contributed by atoms with E-state index in [1.165, 1.54) is 0 Å². The number of aromatic nitrogens is 3. The molecule has 0 aliphatic carbocycles. The Kier molecular flexibility index (Phi) is 4.49. The van der Waals surface area contributed by atoms with E-state index in [1.807, 2.05) is 19.1 Å². The van der Waals surface area contributed by atoms with Gasteiger partial charge < -0.3 is 14.3 Å². The summed E-state index contributed by atoms with van der Waals surface area (Å²) in [4.78, 5) is 7.75. The molecule has 4 nitrogen and oxygen atoms in total. The highest BCUT2D eigenvalue weighted by Crippen LogP contribution is 2.13. The highest BCUT2D eigenvalue weighted by molar-refractivity contribution is 7.71. The second kappa shape index (κ2) is 6.11. The zero-order valence-electron chi connectivity index (χ0n) is 10.9. The lowest BCUT2D eigenvalue weighted by Crippen LogP contribution is -2.00. The minimum Gasteiger partial charge on any atom is -0.385 e. The molecule has 0 fully saturated rings. The summed E-state index contributed by atoms with van der Waals surface area (Å²) in [6.07, 6.45) is 3.34. The zero-order valence-corrected chi connectivity index (χ0v) is 11.7. The minimum absolute atomic E-state index is 0.759. The number of aromatic amines is 1. The van der Waals surface area contributed by atoms with Gasteiger partial charge in [0.05, 0.1) is 5.52 Å². The SMILES string of the molecule is COCCCCCn1c(=S)[nH]c2ccc(C)nc21. The third-order valence-corrected chi connectivity index (χ3v) is 3.31. The number of hydrogen-bond acceptors (Lipinski definition) is 3. The molecule has 0 saturated heterocycles. The predicted molar refractivity (Wildman–Crippen MR) is 75.4 cm³/mol. The first-order valence-corrected chi connectivity index (χ1v) is 6.68. The predicted octanol–water partition coefficient (Wildman–Crippen LogP) is 3.22. The maximum Gasteiger partial charge on any atom is 0.179 e. The van der Waals surface area contributed by atoms with E-state index in [0.717, 1.165) is 54.0 Å². The Morgan fingerprint density at radius 2 is 2.17 bits per heavy atom. The lowest BCUT2D eigenvalue weighted by atomic mass is 10.2. The number of pyridine rings is 1. The van der Waals surface area contributed by atoms with Crippen LogP contribution in [0.2, 0.25) is 0 Å². The molecule has 0 bridgehead atoms. The molecular formula is C13H19N3OS. The topological polar surface area (TPSA) is 42.8 Å². The Morgan fingerprint density at radius 1 is 1.33 bits per heavy atom. The van der Waals surface area contributed by atoms with E-state index in [9.17, 15) is 0 Å². The molecule has 1 N–H and O–H groups in total. The number of methoxy groups -OCH3 is 1. The van der Waals surface area contributed by atoms with Gasteiger partial charge in [-0.1, -0.05) is 0 Å². The minimum atomic E-state index is 0.759. The monoisotopic (exact) mass is 265 g/mol. The van der Waals surface area contributed by atoms with Gasteiger partial charge in [0, 0.05) is 26.0 Å². The number of fused-ring (bicyclic) bond motifs is 1. The summed E-state index contributed by atoms with van der Waals surface area (Å²) >= 11 is 5.34. The van der Waals surface area contributed by atoms with Crippen molar-refractivity contribution in [2.45, 2.75) is 32.7 Å². The van der Waals surface area contributed by atoms with Crippen molar-refractivity contribution in [3.8, 4) is 0 Å². The molecule has 0 amide bonds. The first-order chi connectivity index (χ1) is 8.72. The van der Waals surface area contributed by atoms with Crippen molar-refractivity contribution in [3.05, 3.63) is 22.6 Å². The highest BCUT2D eigenvalue weighted by Gasteiger charge is 2.05. The van der Waals surface area contributed by atoms with Crippen LogP contribution in [0.3, 0.4) is 0 Å². The second-order valence-electron chi connectivity index (χ2n) is 4.46. The third kappa shape index (κ3) is 2.97. The van der Waals surface area contributed by atoms with E-state index in [4.69, 9.17) is 17.0 Å². The fraction of sp³-hybridized carbons (Fsp3) is 0.538. The summed E-state index contributed by atoms with van der Waals surface area (Å²) in [5.74, 6) is 0. The van der Waals surface area contributed by atoms with Crippen molar-refractivity contribution in [2.75, 3.05) is 13.7 Å². The number of H-pyrrole nitrogens is 1. The number of unbranched alkanes of at least 4 members (excludes halogenated alkanes) is 2. The number of nitrogens with zero attached hydrogens (tertiary/aromatic N) is 2. The van der Waals surface area contributed by atoms with Crippen LogP contribution in [0.1, 0.15) is 25.0 Å². The molecule has 2 aromatic heterocycles. The molecule has 0 aliphatic rings. The van der Waals surface area contributed by atoms with Gasteiger partial charge >= 0.3 is 0 Å². The van der Waals surface area contributed by atoms with Gasteiger partial charge in [-0.15, -0.1) is 0 Å². The standard InChI is InChI=1S/C13H19N3OS/c1-10-6-7-11-12(14-10)16(13(18)15-11)8-4-3-5-9-17-2/h6-7H,3-5,8-9H2,1-2H3,(H,15,18). The highest BCUT2D eigenvalue weighted by atomic mass is 32.1. The third-order valence-electron chi connectivity index (χ3n) is 2.99. The molecule has 0 spiro atoms. The smallest absolute Gasteiger partial charge is 0.179 e. The summed E-state index contributed by atoms with van der Waals surface area (Å²) in [6.45, 7) is 3.74. The van der Waals surface area contributed by atoms with Crippen LogP contribution in [-0.2, 0) is 11.3 Å². The fourth-order valence-corrected chi connectivity index (χ4v) is 2.31. The summed E-state index contributed by atoms with van der Waals surface area (Å²) in [6, 6.07) is 4.03. The Hall–Kier alpha value is -1.20. The van der Waals surface area contributed by atoms with Gasteiger partial charge in [-0.05, 0) is 50.5 Å². The quantitative estimate of drug-likeness (QED) is 0.644. The van der Waals surface area contributed by atoms with Gasteiger partial charge in [0.25, 0.3) is 0 Å². The molecule has 0 unspecified atom stereocenters. The van der Waals surface area contributed by atoms with Gasteiger partial charge in [-0.25, -0.2) is 4.98 Å². The molecule has 0 atom stereocenters. The largest absolute Gasteiger partial charge is 0.385 e. The van der Waals surface area contributed by atoms with Crippen LogP contribution < -0.4 is 0 Å². The number of imidazole rings is 1. The van der Waals surface area contributed by atoms with Crippen molar-refractivity contribution >= 4 is 23.4 Å². The van der Waals surface area contributed by atoms with Crippen LogP contribution in [0, 0.1) is 11.7 Å². The number of nitrogens with one attached hydrogen (secondary N) is 1. The lowest BCUT2D eigenvalue weighted by molar-refractivity contribution is 0.191. The molecular weight excluding hydrogens is 246 g/mol.